The van der Waals surface area contributed by atoms with E-state index in [0.717, 1.165) is 11.1 Å². The van der Waals surface area contributed by atoms with Gasteiger partial charge >= 0.3 is 0 Å². The zero-order chi connectivity index (χ0) is 13.8. The number of hydrogen-bond acceptors (Lipinski definition) is 3. The van der Waals surface area contributed by atoms with Gasteiger partial charge in [-0.05, 0) is 16.7 Å². The second kappa shape index (κ2) is 5.65. The molecule has 19 heavy (non-hydrogen) atoms. The van der Waals surface area contributed by atoms with E-state index in [9.17, 15) is 15.0 Å². The minimum atomic E-state index is -1.62. The highest BCUT2D eigenvalue weighted by atomic mass is 16.3. The van der Waals surface area contributed by atoms with Crippen molar-refractivity contribution in [1.29, 1.82) is 0 Å². The highest BCUT2D eigenvalue weighted by Gasteiger charge is 2.25. The van der Waals surface area contributed by atoms with Crippen LogP contribution in [0.25, 0.3) is 11.1 Å². The molecule has 0 aliphatic carbocycles. The summed E-state index contributed by atoms with van der Waals surface area (Å²) in [6, 6.07) is 16.5. The first kappa shape index (κ1) is 13.3. The Labute approximate surface area is 111 Å². The standard InChI is InChI=1S/C15H15NO3/c16-15(19)14(18)13(17)12-9-5-4-8-11(12)10-6-2-1-3-7-10/h1-9,13-14,17-18H,(H2,16,19). The van der Waals surface area contributed by atoms with E-state index in [0.29, 0.717) is 5.56 Å². The lowest BCUT2D eigenvalue weighted by Gasteiger charge is -2.18. The SMILES string of the molecule is NC(=O)C(O)C(O)c1ccccc1-c1ccccc1. The van der Waals surface area contributed by atoms with E-state index in [4.69, 9.17) is 5.73 Å². The number of rotatable bonds is 4. The Bertz CT molecular complexity index is 569. The highest BCUT2D eigenvalue weighted by Crippen LogP contribution is 2.29. The molecule has 0 heterocycles. The van der Waals surface area contributed by atoms with E-state index in [1.807, 2.05) is 42.5 Å². The molecule has 2 unspecified atom stereocenters. The molecule has 4 heteroatoms. The predicted octanol–water partition coefficient (Wildman–Crippen LogP) is 1.23. The summed E-state index contributed by atoms with van der Waals surface area (Å²) in [6.45, 7) is 0. The lowest BCUT2D eigenvalue weighted by Crippen LogP contribution is -2.34. The molecule has 2 atom stereocenters. The van der Waals surface area contributed by atoms with Gasteiger partial charge in [0.25, 0.3) is 0 Å². The Morgan fingerprint density at radius 2 is 1.53 bits per heavy atom. The molecule has 4 nitrogen and oxygen atoms in total. The highest BCUT2D eigenvalue weighted by molar-refractivity contribution is 5.80. The van der Waals surface area contributed by atoms with Crippen molar-refractivity contribution in [2.75, 3.05) is 0 Å². The van der Waals surface area contributed by atoms with Crippen molar-refractivity contribution in [2.24, 2.45) is 5.73 Å². The summed E-state index contributed by atoms with van der Waals surface area (Å²) in [5, 5.41) is 19.6. The molecule has 0 fully saturated rings. The van der Waals surface area contributed by atoms with E-state index < -0.39 is 18.1 Å². The number of aliphatic hydroxyl groups excluding tert-OH is 2. The zero-order valence-electron chi connectivity index (χ0n) is 10.2. The number of amides is 1. The molecule has 0 aliphatic rings. The van der Waals surface area contributed by atoms with Crippen molar-refractivity contribution < 1.29 is 15.0 Å². The van der Waals surface area contributed by atoms with E-state index in [1.54, 1.807) is 12.1 Å². The Morgan fingerprint density at radius 3 is 2.16 bits per heavy atom. The largest absolute Gasteiger partial charge is 0.385 e. The Hall–Kier alpha value is -2.17. The van der Waals surface area contributed by atoms with Crippen LogP contribution in [-0.4, -0.2) is 22.2 Å². The average molecular weight is 257 g/mol. The van der Waals surface area contributed by atoms with E-state index in [-0.39, 0.29) is 0 Å². The van der Waals surface area contributed by atoms with Crippen molar-refractivity contribution in [2.45, 2.75) is 12.2 Å². The molecule has 98 valence electrons. The predicted molar refractivity (Wildman–Crippen MR) is 72.0 cm³/mol. The van der Waals surface area contributed by atoms with E-state index in [1.165, 1.54) is 0 Å². The number of carbonyl (C=O) groups is 1. The molecular weight excluding hydrogens is 242 g/mol. The van der Waals surface area contributed by atoms with Gasteiger partial charge in [0, 0.05) is 0 Å². The second-order valence-electron chi connectivity index (χ2n) is 4.25. The molecule has 2 rings (SSSR count). The maximum atomic E-state index is 11.0. The third-order valence-corrected chi connectivity index (χ3v) is 2.95. The lowest BCUT2D eigenvalue weighted by atomic mass is 9.94. The van der Waals surface area contributed by atoms with Gasteiger partial charge < -0.3 is 15.9 Å². The third kappa shape index (κ3) is 2.81. The molecule has 0 bridgehead atoms. The molecule has 0 aliphatic heterocycles. The summed E-state index contributed by atoms with van der Waals surface area (Å²) in [7, 11) is 0. The van der Waals surface area contributed by atoms with Crippen LogP contribution >= 0.6 is 0 Å². The zero-order valence-corrected chi connectivity index (χ0v) is 10.2. The minimum Gasteiger partial charge on any atom is -0.385 e. The first-order valence-electron chi connectivity index (χ1n) is 5.91. The van der Waals surface area contributed by atoms with Gasteiger partial charge in [-0.15, -0.1) is 0 Å². The normalized spacial score (nSPS) is 13.8. The van der Waals surface area contributed by atoms with Crippen LogP contribution in [-0.2, 0) is 4.79 Å². The molecule has 1 amide bonds. The van der Waals surface area contributed by atoms with Crippen molar-refractivity contribution >= 4 is 5.91 Å². The van der Waals surface area contributed by atoms with Crippen molar-refractivity contribution in [1.82, 2.24) is 0 Å². The van der Waals surface area contributed by atoms with Crippen molar-refractivity contribution in [3.05, 3.63) is 60.2 Å². The van der Waals surface area contributed by atoms with Crippen LogP contribution < -0.4 is 5.73 Å². The van der Waals surface area contributed by atoms with Crippen LogP contribution in [0.1, 0.15) is 11.7 Å². The van der Waals surface area contributed by atoms with Gasteiger partial charge in [0.2, 0.25) is 5.91 Å². The minimum absolute atomic E-state index is 0.472. The van der Waals surface area contributed by atoms with Gasteiger partial charge in [-0.2, -0.15) is 0 Å². The second-order valence-corrected chi connectivity index (χ2v) is 4.25. The fourth-order valence-electron chi connectivity index (χ4n) is 1.96. The van der Waals surface area contributed by atoms with Gasteiger partial charge in [-0.3, -0.25) is 4.79 Å². The topological polar surface area (TPSA) is 83.6 Å². The van der Waals surface area contributed by atoms with Crippen LogP contribution in [0.4, 0.5) is 0 Å². The maximum absolute atomic E-state index is 11.0. The Morgan fingerprint density at radius 1 is 0.947 bits per heavy atom. The van der Waals surface area contributed by atoms with Crippen LogP contribution in [0.2, 0.25) is 0 Å². The smallest absolute Gasteiger partial charge is 0.249 e. The van der Waals surface area contributed by atoms with Gasteiger partial charge in [0.05, 0.1) is 0 Å². The molecule has 0 radical (unpaired) electrons. The fourth-order valence-corrected chi connectivity index (χ4v) is 1.96. The average Bonchev–Trinajstić information content (AvgIpc) is 2.46. The summed E-state index contributed by atoms with van der Waals surface area (Å²) >= 11 is 0. The number of aliphatic hydroxyl groups is 2. The van der Waals surface area contributed by atoms with E-state index in [2.05, 4.69) is 0 Å². The fraction of sp³-hybridized carbons (Fsp3) is 0.133. The third-order valence-electron chi connectivity index (χ3n) is 2.95. The quantitative estimate of drug-likeness (QED) is 0.770. The molecule has 0 saturated carbocycles. The molecule has 4 N–H and O–H groups in total. The lowest BCUT2D eigenvalue weighted by molar-refractivity contribution is -0.131. The summed E-state index contributed by atoms with van der Waals surface area (Å²) in [5.41, 5.74) is 7.14. The number of carbonyl (C=O) groups excluding carboxylic acids is 1. The number of benzene rings is 2. The summed E-state index contributed by atoms with van der Waals surface area (Å²) < 4.78 is 0. The Kier molecular flexibility index (Phi) is 3.94. The van der Waals surface area contributed by atoms with Crippen molar-refractivity contribution in [3.63, 3.8) is 0 Å². The molecule has 0 aromatic heterocycles. The number of primary amides is 1. The van der Waals surface area contributed by atoms with Crippen LogP contribution in [0, 0.1) is 0 Å². The monoisotopic (exact) mass is 257 g/mol. The van der Waals surface area contributed by atoms with Crippen LogP contribution in [0.5, 0.6) is 0 Å². The molecule has 2 aromatic carbocycles. The van der Waals surface area contributed by atoms with Gasteiger partial charge in [0.1, 0.15) is 6.10 Å². The van der Waals surface area contributed by atoms with Gasteiger partial charge in [0.15, 0.2) is 6.10 Å². The van der Waals surface area contributed by atoms with Gasteiger partial charge in [-0.1, -0.05) is 54.6 Å². The Balaban J connectivity index is 2.45. The number of nitrogens with two attached hydrogens (primary N) is 1. The molecule has 2 aromatic rings. The van der Waals surface area contributed by atoms with E-state index >= 15 is 0 Å². The molecule has 0 spiro atoms. The molecule has 0 saturated heterocycles. The first-order chi connectivity index (χ1) is 9.11. The summed E-state index contributed by atoms with van der Waals surface area (Å²) in [5.74, 6) is -0.949. The van der Waals surface area contributed by atoms with Gasteiger partial charge in [-0.25, -0.2) is 0 Å². The summed E-state index contributed by atoms with van der Waals surface area (Å²) in [6.07, 6.45) is -2.96. The summed E-state index contributed by atoms with van der Waals surface area (Å²) in [4.78, 5) is 11.0. The molecular formula is C15H15NO3. The number of hydrogen-bond donors (Lipinski definition) is 3. The van der Waals surface area contributed by atoms with Crippen LogP contribution in [0.3, 0.4) is 0 Å². The maximum Gasteiger partial charge on any atom is 0.249 e. The van der Waals surface area contributed by atoms with Crippen LogP contribution in [0.15, 0.2) is 54.6 Å². The first-order valence-corrected chi connectivity index (χ1v) is 5.91. The van der Waals surface area contributed by atoms with Crippen molar-refractivity contribution in [3.8, 4) is 11.1 Å².